The molecule has 1 N–H and O–H groups in total. The Bertz CT molecular complexity index is 1240. The van der Waals surface area contributed by atoms with Gasteiger partial charge in [0, 0.05) is 11.3 Å². The lowest BCUT2D eigenvalue weighted by Crippen LogP contribution is -2.48. The zero-order valence-electron chi connectivity index (χ0n) is 19.1. The van der Waals surface area contributed by atoms with E-state index < -0.39 is 39.1 Å². The molecular weight excluding hydrogens is 438 g/mol. The highest BCUT2D eigenvalue weighted by molar-refractivity contribution is 7.87. The van der Waals surface area contributed by atoms with Crippen LogP contribution in [0, 0.1) is 6.92 Å². The van der Waals surface area contributed by atoms with Gasteiger partial charge >= 0.3 is 11.9 Å². The molecule has 1 fully saturated rings. The average molecular weight is 466 g/mol. The standard InChI is InChI=1S/C26H27NO5S/c1-17-9-13-21(14-10-17)33(30)26(24(29)32-4)16-25(2,23(28)31-3)27-22(26)20-12-11-18-7-5-6-8-19(18)15-20/h5-15,22,27H,16H2,1-4H3/t22-,25+,26+,33+/m1/s1. The van der Waals surface area contributed by atoms with E-state index in [0.717, 1.165) is 21.9 Å². The Labute approximate surface area is 195 Å². The number of benzene rings is 3. The molecule has 0 aromatic heterocycles. The van der Waals surface area contributed by atoms with Gasteiger partial charge in [0.2, 0.25) is 0 Å². The monoisotopic (exact) mass is 465 g/mol. The summed E-state index contributed by atoms with van der Waals surface area (Å²) in [7, 11) is 0.751. The van der Waals surface area contributed by atoms with Crippen LogP contribution >= 0.6 is 0 Å². The number of carbonyl (C=O) groups is 2. The van der Waals surface area contributed by atoms with Crippen molar-refractivity contribution in [3.63, 3.8) is 0 Å². The Kier molecular flexibility index (Phi) is 6.12. The molecule has 0 saturated carbocycles. The second kappa shape index (κ2) is 8.72. The molecule has 33 heavy (non-hydrogen) atoms. The first-order valence-corrected chi connectivity index (χ1v) is 11.8. The fourth-order valence-corrected chi connectivity index (χ4v) is 6.56. The molecule has 0 amide bonds. The maximum atomic E-state index is 14.1. The summed E-state index contributed by atoms with van der Waals surface area (Å²) in [6.07, 6.45) is -0.0443. The van der Waals surface area contributed by atoms with Crippen molar-refractivity contribution in [1.82, 2.24) is 5.32 Å². The smallest absolute Gasteiger partial charge is 0.327 e. The number of esters is 2. The number of methoxy groups -OCH3 is 2. The van der Waals surface area contributed by atoms with E-state index in [1.54, 1.807) is 19.1 Å². The molecule has 3 aromatic carbocycles. The zero-order chi connectivity index (χ0) is 23.8. The molecule has 4 atom stereocenters. The summed E-state index contributed by atoms with van der Waals surface area (Å²) >= 11 is 0. The molecule has 1 aliphatic heterocycles. The van der Waals surface area contributed by atoms with Crippen LogP contribution in [-0.2, 0) is 29.9 Å². The first-order chi connectivity index (χ1) is 15.7. The lowest BCUT2D eigenvalue weighted by molar-refractivity contribution is -0.147. The van der Waals surface area contributed by atoms with Crippen molar-refractivity contribution in [3.8, 4) is 0 Å². The van der Waals surface area contributed by atoms with Gasteiger partial charge in [0.05, 0.1) is 31.1 Å². The highest BCUT2D eigenvalue weighted by atomic mass is 32.2. The maximum Gasteiger partial charge on any atom is 0.327 e. The van der Waals surface area contributed by atoms with E-state index in [0.29, 0.717) is 4.90 Å². The zero-order valence-corrected chi connectivity index (χ0v) is 19.9. The average Bonchev–Trinajstić information content (AvgIpc) is 3.18. The van der Waals surface area contributed by atoms with Crippen LogP contribution in [0.2, 0.25) is 0 Å². The quantitative estimate of drug-likeness (QED) is 0.577. The van der Waals surface area contributed by atoms with E-state index in [1.807, 2.05) is 61.5 Å². The second-order valence-corrected chi connectivity index (χ2v) is 10.4. The van der Waals surface area contributed by atoms with Crippen LogP contribution in [0.25, 0.3) is 10.8 Å². The van der Waals surface area contributed by atoms with Gasteiger partial charge in [-0.15, -0.1) is 0 Å². The van der Waals surface area contributed by atoms with E-state index in [1.165, 1.54) is 14.2 Å². The second-order valence-electron chi connectivity index (χ2n) is 8.65. The summed E-state index contributed by atoms with van der Waals surface area (Å²) in [5, 5.41) is 5.31. The van der Waals surface area contributed by atoms with Gasteiger partial charge < -0.3 is 9.47 Å². The van der Waals surface area contributed by atoms with Crippen LogP contribution in [0.3, 0.4) is 0 Å². The third-order valence-corrected chi connectivity index (χ3v) is 8.29. The van der Waals surface area contributed by atoms with Crippen LogP contribution in [-0.4, -0.2) is 40.7 Å². The Morgan fingerprint density at radius 2 is 1.58 bits per heavy atom. The fraction of sp³-hybridized carbons (Fsp3) is 0.308. The molecule has 1 heterocycles. The van der Waals surface area contributed by atoms with Crippen LogP contribution in [0.5, 0.6) is 0 Å². The van der Waals surface area contributed by atoms with Gasteiger partial charge in [-0.2, -0.15) is 0 Å². The number of ether oxygens (including phenoxy) is 2. The summed E-state index contributed by atoms with van der Waals surface area (Å²) in [4.78, 5) is 26.7. The molecular formula is C26H27NO5S. The molecule has 0 bridgehead atoms. The lowest BCUT2D eigenvalue weighted by atomic mass is 9.88. The van der Waals surface area contributed by atoms with Crippen LogP contribution in [0.15, 0.2) is 71.6 Å². The summed E-state index contributed by atoms with van der Waals surface area (Å²) in [6.45, 7) is 3.61. The minimum Gasteiger partial charge on any atom is -0.468 e. The SMILES string of the molecule is COC(=O)[C@]1(C)C[C@](C(=O)OC)([S@@](=O)c2ccc(C)cc2)[C@@H](c2ccc3ccccc3c2)N1. The molecule has 0 aliphatic carbocycles. The molecule has 1 aliphatic rings. The van der Waals surface area contributed by atoms with E-state index in [-0.39, 0.29) is 6.42 Å². The Morgan fingerprint density at radius 1 is 0.939 bits per heavy atom. The van der Waals surface area contributed by atoms with Gasteiger partial charge in [0.1, 0.15) is 5.54 Å². The number of aryl methyl sites for hydroxylation is 1. The molecule has 0 radical (unpaired) electrons. The first-order valence-electron chi connectivity index (χ1n) is 10.7. The lowest BCUT2D eigenvalue weighted by Gasteiger charge is -2.31. The molecule has 7 heteroatoms. The van der Waals surface area contributed by atoms with Crippen molar-refractivity contribution < 1.29 is 23.3 Å². The van der Waals surface area contributed by atoms with Crippen LogP contribution in [0.1, 0.15) is 30.5 Å². The van der Waals surface area contributed by atoms with Gasteiger partial charge in [-0.25, -0.2) is 0 Å². The van der Waals surface area contributed by atoms with Gasteiger partial charge in [0.15, 0.2) is 4.75 Å². The molecule has 0 unspecified atom stereocenters. The predicted octanol–water partition coefficient (Wildman–Crippen LogP) is 3.83. The number of nitrogens with one attached hydrogen (secondary N) is 1. The summed E-state index contributed by atoms with van der Waals surface area (Å²) in [5.41, 5.74) is 0.518. The Morgan fingerprint density at radius 3 is 2.21 bits per heavy atom. The van der Waals surface area contributed by atoms with Crippen molar-refractivity contribution in [1.29, 1.82) is 0 Å². The van der Waals surface area contributed by atoms with Gasteiger partial charge in [-0.1, -0.05) is 54.1 Å². The molecule has 6 nitrogen and oxygen atoms in total. The first kappa shape index (κ1) is 23.1. The number of fused-ring (bicyclic) bond motifs is 1. The van der Waals surface area contributed by atoms with Crippen LogP contribution < -0.4 is 5.32 Å². The molecule has 172 valence electrons. The molecule has 1 saturated heterocycles. The van der Waals surface area contributed by atoms with Crippen LogP contribution in [0.4, 0.5) is 0 Å². The largest absolute Gasteiger partial charge is 0.468 e. The summed E-state index contributed by atoms with van der Waals surface area (Å²) in [6, 6.07) is 20.1. The van der Waals surface area contributed by atoms with E-state index in [2.05, 4.69) is 5.32 Å². The molecule has 4 rings (SSSR count). The minimum absolute atomic E-state index is 0.0443. The Hall–Kier alpha value is -3.03. The Balaban J connectivity index is 1.94. The number of hydrogen-bond acceptors (Lipinski definition) is 6. The summed E-state index contributed by atoms with van der Waals surface area (Å²) < 4.78 is 22.9. The third kappa shape index (κ3) is 3.85. The van der Waals surface area contributed by atoms with Crippen molar-refractivity contribution in [2.24, 2.45) is 0 Å². The van der Waals surface area contributed by atoms with Crippen molar-refractivity contribution in [2.75, 3.05) is 14.2 Å². The minimum atomic E-state index is -1.83. The highest BCUT2D eigenvalue weighted by Crippen LogP contribution is 2.48. The van der Waals surface area contributed by atoms with Gasteiger partial charge in [-0.3, -0.25) is 19.1 Å². The summed E-state index contributed by atoms with van der Waals surface area (Å²) in [5.74, 6) is -1.17. The van der Waals surface area contributed by atoms with Crippen molar-refractivity contribution in [2.45, 2.75) is 41.5 Å². The fourth-order valence-electron chi connectivity index (χ4n) is 4.69. The van der Waals surface area contributed by atoms with E-state index in [4.69, 9.17) is 9.47 Å². The maximum absolute atomic E-state index is 14.1. The van der Waals surface area contributed by atoms with Crippen molar-refractivity contribution >= 4 is 33.5 Å². The molecule has 3 aromatic rings. The van der Waals surface area contributed by atoms with Gasteiger partial charge in [0.25, 0.3) is 0 Å². The number of hydrogen-bond donors (Lipinski definition) is 1. The number of rotatable bonds is 5. The predicted molar refractivity (Wildman–Crippen MR) is 127 cm³/mol. The van der Waals surface area contributed by atoms with Crippen molar-refractivity contribution in [3.05, 3.63) is 77.9 Å². The normalized spacial score (nSPS) is 25.5. The van der Waals surface area contributed by atoms with E-state index >= 15 is 0 Å². The number of carbonyl (C=O) groups excluding carboxylic acids is 2. The third-order valence-electron chi connectivity index (χ3n) is 6.38. The van der Waals surface area contributed by atoms with Gasteiger partial charge in [-0.05, 0) is 48.4 Å². The molecule has 0 spiro atoms. The highest BCUT2D eigenvalue weighted by Gasteiger charge is 2.65. The van der Waals surface area contributed by atoms with E-state index in [9.17, 15) is 13.8 Å². The topological polar surface area (TPSA) is 81.7 Å².